The van der Waals surface area contributed by atoms with Crippen LogP contribution in [0.25, 0.3) is 0 Å². The molecule has 0 radical (unpaired) electrons. The first-order chi connectivity index (χ1) is 12.3. The second-order valence-corrected chi connectivity index (χ2v) is 9.48. The second kappa shape index (κ2) is 7.21. The van der Waals surface area contributed by atoms with Crippen molar-refractivity contribution >= 4 is 11.9 Å². The van der Waals surface area contributed by atoms with Crippen molar-refractivity contribution in [1.82, 2.24) is 0 Å². The van der Waals surface area contributed by atoms with Crippen LogP contribution in [0.4, 0.5) is 0 Å². The van der Waals surface area contributed by atoms with E-state index in [0.29, 0.717) is 25.0 Å². The third-order valence-electron chi connectivity index (χ3n) is 7.15. The topological polar surface area (TPSA) is 52.6 Å². The zero-order valence-electron chi connectivity index (χ0n) is 16.2. The average Bonchev–Trinajstić information content (AvgIpc) is 2.88. The summed E-state index contributed by atoms with van der Waals surface area (Å²) in [5, 5.41) is 0. The minimum absolute atomic E-state index is 0.0724. The van der Waals surface area contributed by atoms with Gasteiger partial charge >= 0.3 is 11.9 Å². The molecule has 6 unspecified atom stereocenters. The molecule has 0 saturated heterocycles. The maximum absolute atomic E-state index is 11.5. The van der Waals surface area contributed by atoms with Crippen LogP contribution in [0, 0.1) is 34.5 Å². The highest BCUT2D eigenvalue weighted by Gasteiger charge is 2.54. The van der Waals surface area contributed by atoms with Gasteiger partial charge in [0.25, 0.3) is 0 Å². The molecule has 4 nitrogen and oxygen atoms in total. The van der Waals surface area contributed by atoms with Gasteiger partial charge in [-0.25, -0.2) is 9.59 Å². The molecule has 2 bridgehead atoms. The predicted octanol–water partition coefficient (Wildman–Crippen LogP) is 4.30. The largest absolute Gasteiger partial charge is 0.462 e. The van der Waals surface area contributed by atoms with Crippen molar-refractivity contribution in [2.75, 3.05) is 13.2 Å². The van der Waals surface area contributed by atoms with Gasteiger partial charge in [-0.05, 0) is 62.2 Å². The van der Waals surface area contributed by atoms with Gasteiger partial charge in [-0.2, -0.15) is 0 Å². The van der Waals surface area contributed by atoms with E-state index in [2.05, 4.69) is 27.0 Å². The van der Waals surface area contributed by atoms with Gasteiger partial charge in [-0.15, -0.1) is 0 Å². The van der Waals surface area contributed by atoms with Crippen LogP contribution < -0.4 is 0 Å². The van der Waals surface area contributed by atoms with E-state index in [-0.39, 0.29) is 22.8 Å². The van der Waals surface area contributed by atoms with Crippen molar-refractivity contribution < 1.29 is 19.1 Å². The number of esters is 2. The number of fused-ring (bicyclic) bond motifs is 5. The first-order valence-electron chi connectivity index (χ1n) is 9.86. The van der Waals surface area contributed by atoms with Gasteiger partial charge in [0.2, 0.25) is 0 Å². The number of hydrogen-bond acceptors (Lipinski definition) is 4. The average molecular weight is 360 g/mol. The molecule has 0 aromatic heterocycles. The Morgan fingerprint density at radius 1 is 0.923 bits per heavy atom. The fraction of sp³-hybridized carbons (Fsp3) is 0.727. The Morgan fingerprint density at radius 2 is 1.46 bits per heavy atom. The highest BCUT2D eigenvalue weighted by atomic mass is 16.5. The van der Waals surface area contributed by atoms with Crippen LogP contribution in [0.15, 0.2) is 25.3 Å². The third-order valence-corrected chi connectivity index (χ3v) is 7.15. The number of carbonyl (C=O) groups is 2. The molecule has 0 N–H and O–H groups in total. The SMILES string of the molecule is C=CC(=O)OCC1(C)CC2CC(C1)C1CC(C)(COC(=O)C=C)CCC21. The van der Waals surface area contributed by atoms with E-state index >= 15 is 0 Å². The molecular weight excluding hydrogens is 328 g/mol. The second-order valence-electron chi connectivity index (χ2n) is 9.48. The molecule has 0 heterocycles. The Balaban J connectivity index is 1.64. The molecule has 3 fully saturated rings. The smallest absolute Gasteiger partial charge is 0.330 e. The van der Waals surface area contributed by atoms with E-state index in [9.17, 15) is 9.59 Å². The molecule has 3 aliphatic rings. The predicted molar refractivity (Wildman–Crippen MR) is 100 cm³/mol. The number of carbonyl (C=O) groups excluding carboxylic acids is 2. The molecule has 3 saturated carbocycles. The summed E-state index contributed by atoms with van der Waals surface area (Å²) in [6.45, 7) is 12.5. The number of rotatable bonds is 6. The lowest BCUT2D eigenvalue weighted by atomic mass is 9.65. The lowest BCUT2D eigenvalue weighted by molar-refractivity contribution is -0.143. The quantitative estimate of drug-likeness (QED) is 0.523. The number of ether oxygens (including phenoxy) is 2. The van der Waals surface area contributed by atoms with Crippen molar-refractivity contribution in [3.05, 3.63) is 25.3 Å². The van der Waals surface area contributed by atoms with Crippen molar-refractivity contribution in [3.8, 4) is 0 Å². The van der Waals surface area contributed by atoms with E-state index in [1.807, 2.05) is 0 Å². The summed E-state index contributed by atoms with van der Waals surface area (Å²) in [6, 6.07) is 0. The first kappa shape index (κ1) is 19.2. The monoisotopic (exact) mass is 360 g/mol. The molecule has 0 spiro atoms. The molecule has 6 atom stereocenters. The van der Waals surface area contributed by atoms with Gasteiger partial charge in [0.15, 0.2) is 0 Å². The Kier molecular flexibility index (Phi) is 5.32. The van der Waals surface area contributed by atoms with Crippen LogP contribution in [0.2, 0.25) is 0 Å². The maximum Gasteiger partial charge on any atom is 0.330 e. The Labute approximate surface area is 157 Å². The van der Waals surface area contributed by atoms with Crippen LogP contribution in [-0.2, 0) is 19.1 Å². The van der Waals surface area contributed by atoms with Crippen molar-refractivity contribution in [1.29, 1.82) is 0 Å². The van der Waals surface area contributed by atoms with Gasteiger partial charge in [-0.3, -0.25) is 0 Å². The van der Waals surface area contributed by atoms with Crippen LogP contribution >= 0.6 is 0 Å². The van der Waals surface area contributed by atoms with Crippen molar-refractivity contribution in [2.45, 2.75) is 52.4 Å². The molecule has 144 valence electrons. The van der Waals surface area contributed by atoms with E-state index in [0.717, 1.165) is 37.5 Å². The molecule has 26 heavy (non-hydrogen) atoms. The summed E-state index contributed by atoms with van der Waals surface area (Å²) in [4.78, 5) is 22.9. The van der Waals surface area contributed by atoms with E-state index in [1.165, 1.54) is 25.0 Å². The van der Waals surface area contributed by atoms with Crippen LogP contribution in [0.5, 0.6) is 0 Å². The zero-order chi connectivity index (χ0) is 18.9. The zero-order valence-corrected chi connectivity index (χ0v) is 16.2. The molecule has 3 rings (SSSR count). The molecule has 3 aliphatic carbocycles. The maximum atomic E-state index is 11.5. The van der Waals surface area contributed by atoms with Crippen molar-refractivity contribution in [2.24, 2.45) is 34.5 Å². The molecule has 0 aromatic rings. The fourth-order valence-corrected chi connectivity index (χ4v) is 6.07. The summed E-state index contributed by atoms with van der Waals surface area (Å²) in [5.74, 6) is 2.28. The Morgan fingerprint density at radius 3 is 2.04 bits per heavy atom. The highest BCUT2D eigenvalue weighted by Crippen LogP contribution is 2.62. The van der Waals surface area contributed by atoms with Gasteiger partial charge in [0, 0.05) is 23.0 Å². The molecule has 4 heteroatoms. The summed E-state index contributed by atoms with van der Waals surface area (Å²) >= 11 is 0. The highest BCUT2D eigenvalue weighted by molar-refractivity contribution is 5.81. The lowest BCUT2D eigenvalue weighted by Gasteiger charge is -2.41. The minimum Gasteiger partial charge on any atom is -0.462 e. The van der Waals surface area contributed by atoms with E-state index in [4.69, 9.17) is 9.47 Å². The van der Waals surface area contributed by atoms with Crippen LogP contribution in [-0.4, -0.2) is 25.2 Å². The lowest BCUT2D eigenvalue weighted by Crippen LogP contribution is -2.36. The minimum atomic E-state index is -0.324. The molecule has 0 aliphatic heterocycles. The normalized spacial score (nSPS) is 41.0. The Hall–Kier alpha value is -1.58. The summed E-state index contributed by atoms with van der Waals surface area (Å²) < 4.78 is 10.8. The summed E-state index contributed by atoms with van der Waals surface area (Å²) in [5.41, 5.74) is 0.151. The number of hydrogen-bond donors (Lipinski definition) is 0. The van der Waals surface area contributed by atoms with E-state index < -0.39 is 0 Å². The summed E-state index contributed by atoms with van der Waals surface area (Å²) in [7, 11) is 0. The fourth-order valence-electron chi connectivity index (χ4n) is 6.07. The third kappa shape index (κ3) is 3.89. The standard InChI is InChI=1S/C22H32O4/c1-5-19(23)25-13-21(3)8-7-17-15-9-16(18(17)12-21)11-22(4,10-15)14-26-20(24)6-2/h5-6,15-18H,1-2,7-14H2,3-4H3. The van der Waals surface area contributed by atoms with Crippen LogP contribution in [0.1, 0.15) is 52.4 Å². The molecule has 0 aromatic carbocycles. The van der Waals surface area contributed by atoms with Crippen LogP contribution in [0.3, 0.4) is 0 Å². The van der Waals surface area contributed by atoms with Crippen molar-refractivity contribution in [3.63, 3.8) is 0 Å². The first-order valence-corrected chi connectivity index (χ1v) is 9.86. The molecule has 0 amide bonds. The van der Waals surface area contributed by atoms with E-state index in [1.54, 1.807) is 0 Å². The Bertz CT molecular complexity index is 597. The van der Waals surface area contributed by atoms with Gasteiger partial charge < -0.3 is 9.47 Å². The van der Waals surface area contributed by atoms with Gasteiger partial charge in [0.05, 0.1) is 13.2 Å². The molecular formula is C22H32O4. The van der Waals surface area contributed by atoms with Gasteiger partial charge in [0.1, 0.15) is 0 Å². The summed E-state index contributed by atoms with van der Waals surface area (Å²) in [6.07, 6.45) is 9.54. The van der Waals surface area contributed by atoms with Gasteiger partial charge in [-0.1, -0.05) is 27.0 Å².